The van der Waals surface area contributed by atoms with Gasteiger partial charge in [0.15, 0.2) is 0 Å². The molecule has 0 saturated carbocycles. The maximum absolute atomic E-state index is 12.4. The van der Waals surface area contributed by atoms with E-state index in [0.29, 0.717) is 5.03 Å². The van der Waals surface area contributed by atoms with Gasteiger partial charge in [-0.15, -0.1) is 11.8 Å². The van der Waals surface area contributed by atoms with E-state index in [4.69, 9.17) is 11.6 Å². The van der Waals surface area contributed by atoms with Gasteiger partial charge in [-0.05, 0) is 32.0 Å². The molecule has 0 saturated heterocycles. The lowest BCUT2D eigenvalue weighted by molar-refractivity contribution is -0.137. The highest BCUT2D eigenvalue weighted by molar-refractivity contribution is 7.99. The van der Waals surface area contributed by atoms with Crippen molar-refractivity contribution in [2.45, 2.75) is 31.0 Å². The lowest BCUT2D eigenvalue weighted by Gasteiger charge is -2.09. The lowest BCUT2D eigenvalue weighted by Crippen LogP contribution is -2.16. The molecule has 1 rings (SSSR count). The van der Waals surface area contributed by atoms with Gasteiger partial charge >= 0.3 is 6.18 Å². The van der Waals surface area contributed by atoms with Crippen molar-refractivity contribution in [1.29, 1.82) is 0 Å². The van der Waals surface area contributed by atoms with E-state index in [1.807, 2.05) is 0 Å². The van der Waals surface area contributed by atoms with Crippen molar-refractivity contribution in [2.75, 3.05) is 18.8 Å². The Morgan fingerprint density at radius 2 is 2.11 bits per heavy atom. The number of thioether (sulfide) groups is 1. The van der Waals surface area contributed by atoms with Gasteiger partial charge in [-0.1, -0.05) is 18.5 Å². The van der Waals surface area contributed by atoms with Gasteiger partial charge in [0, 0.05) is 11.9 Å². The lowest BCUT2D eigenvalue weighted by atomic mass is 10.3. The maximum Gasteiger partial charge on any atom is 0.417 e. The molecule has 1 N–H and O–H groups in total. The van der Waals surface area contributed by atoms with Crippen molar-refractivity contribution in [1.82, 2.24) is 10.3 Å². The molecule has 1 aromatic heterocycles. The molecule has 0 unspecified atom stereocenters. The first-order valence-corrected chi connectivity index (χ1v) is 7.37. The third kappa shape index (κ3) is 6.01. The molecule has 0 atom stereocenters. The average molecular weight is 313 g/mol. The summed E-state index contributed by atoms with van der Waals surface area (Å²) in [5.41, 5.74) is -0.813. The monoisotopic (exact) mass is 312 g/mol. The Hall–Kier alpha value is -0.460. The van der Waals surface area contributed by atoms with Gasteiger partial charge in [0.2, 0.25) is 0 Å². The molecule has 0 amide bonds. The quantitative estimate of drug-likeness (QED) is 0.602. The largest absolute Gasteiger partial charge is 0.417 e. The Balaban J connectivity index is 2.43. The van der Waals surface area contributed by atoms with Crippen LogP contribution in [-0.2, 0) is 6.18 Å². The van der Waals surface area contributed by atoms with Crippen LogP contribution in [-0.4, -0.2) is 23.8 Å². The molecule has 0 aliphatic rings. The number of pyridine rings is 1. The summed E-state index contributed by atoms with van der Waals surface area (Å²) in [7, 11) is 0. The standard InChI is InChI=1S/C12H16ClF3N2S/c1-2-4-17-5-3-6-19-11-10(13)7-9(8-18-11)12(14,15)16/h7-8,17H,2-6H2,1H3. The van der Waals surface area contributed by atoms with Gasteiger partial charge in [-0.2, -0.15) is 13.2 Å². The van der Waals surface area contributed by atoms with Crippen LogP contribution in [0.1, 0.15) is 25.3 Å². The van der Waals surface area contributed by atoms with Crippen LogP contribution < -0.4 is 5.32 Å². The van der Waals surface area contributed by atoms with Crippen LogP contribution >= 0.6 is 23.4 Å². The number of rotatable bonds is 7. The molecule has 0 spiro atoms. The summed E-state index contributed by atoms with van der Waals surface area (Å²) in [6, 6.07) is 0.923. The Morgan fingerprint density at radius 1 is 1.37 bits per heavy atom. The van der Waals surface area contributed by atoms with E-state index in [-0.39, 0.29) is 5.02 Å². The Kier molecular flexibility index (Phi) is 6.96. The van der Waals surface area contributed by atoms with Crippen LogP contribution in [0.4, 0.5) is 13.2 Å². The Morgan fingerprint density at radius 3 is 2.68 bits per heavy atom. The Bertz CT molecular complexity index is 399. The van der Waals surface area contributed by atoms with Gasteiger partial charge in [0.1, 0.15) is 5.03 Å². The first-order valence-electron chi connectivity index (χ1n) is 6.01. The molecule has 7 heteroatoms. The summed E-state index contributed by atoms with van der Waals surface area (Å²) < 4.78 is 37.2. The highest BCUT2D eigenvalue weighted by Crippen LogP contribution is 2.33. The second kappa shape index (κ2) is 7.97. The van der Waals surface area contributed by atoms with Crippen LogP contribution in [0, 0.1) is 0 Å². The number of nitrogens with one attached hydrogen (secondary N) is 1. The molecule has 0 bridgehead atoms. The maximum atomic E-state index is 12.4. The van der Waals surface area contributed by atoms with Gasteiger partial charge in [0.25, 0.3) is 0 Å². The second-order valence-corrected chi connectivity index (χ2v) is 5.45. The summed E-state index contributed by atoms with van der Waals surface area (Å²) >= 11 is 7.17. The van der Waals surface area contributed by atoms with E-state index < -0.39 is 11.7 Å². The van der Waals surface area contributed by atoms with Crippen LogP contribution in [0.15, 0.2) is 17.3 Å². The minimum absolute atomic E-state index is 0.0568. The van der Waals surface area contributed by atoms with Crippen molar-refractivity contribution < 1.29 is 13.2 Å². The van der Waals surface area contributed by atoms with Gasteiger partial charge in [-0.25, -0.2) is 4.98 Å². The fourth-order valence-corrected chi connectivity index (χ4v) is 2.49. The van der Waals surface area contributed by atoms with E-state index in [9.17, 15) is 13.2 Å². The molecule has 19 heavy (non-hydrogen) atoms. The molecule has 0 aromatic carbocycles. The fraction of sp³-hybridized carbons (Fsp3) is 0.583. The summed E-state index contributed by atoms with van der Waals surface area (Å²) in [6.45, 7) is 3.96. The minimum Gasteiger partial charge on any atom is -0.317 e. The normalized spacial score (nSPS) is 11.8. The van der Waals surface area contributed by atoms with E-state index in [1.54, 1.807) is 0 Å². The number of halogens is 4. The average Bonchev–Trinajstić information content (AvgIpc) is 2.34. The molecular formula is C12H16ClF3N2S. The fourth-order valence-electron chi connectivity index (χ4n) is 1.35. The van der Waals surface area contributed by atoms with E-state index in [0.717, 1.165) is 43.9 Å². The van der Waals surface area contributed by atoms with Crippen molar-refractivity contribution in [3.63, 3.8) is 0 Å². The first-order chi connectivity index (χ1) is 8.95. The van der Waals surface area contributed by atoms with Crippen LogP contribution in [0.3, 0.4) is 0 Å². The predicted octanol–water partition coefficient (Wildman–Crippen LogP) is 4.24. The third-order valence-electron chi connectivity index (χ3n) is 2.30. The smallest absolute Gasteiger partial charge is 0.317 e. The molecular weight excluding hydrogens is 297 g/mol. The zero-order chi connectivity index (χ0) is 14.3. The molecule has 0 fully saturated rings. The molecule has 0 aliphatic heterocycles. The molecule has 1 aromatic rings. The van der Waals surface area contributed by atoms with E-state index >= 15 is 0 Å². The second-order valence-electron chi connectivity index (χ2n) is 3.96. The van der Waals surface area contributed by atoms with E-state index in [1.165, 1.54) is 11.8 Å². The molecule has 2 nitrogen and oxygen atoms in total. The summed E-state index contributed by atoms with van der Waals surface area (Å²) in [4.78, 5) is 3.77. The molecule has 1 heterocycles. The number of hydrogen-bond acceptors (Lipinski definition) is 3. The molecule has 0 aliphatic carbocycles. The van der Waals surface area contributed by atoms with Crippen molar-refractivity contribution in [2.24, 2.45) is 0 Å². The molecule has 108 valence electrons. The SMILES string of the molecule is CCCNCCCSc1ncc(C(F)(F)F)cc1Cl. The number of hydrogen-bond donors (Lipinski definition) is 1. The first kappa shape index (κ1) is 16.6. The van der Waals surface area contributed by atoms with Crippen molar-refractivity contribution in [3.05, 3.63) is 22.8 Å². The van der Waals surface area contributed by atoms with Crippen LogP contribution in [0.5, 0.6) is 0 Å². The van der Waals surface area contributed by atoms with E-state index in [2.05, 4.69) is 17.2 Å². The van der Waals surface area contributed by atoms with Gasteiger partial charge in [0.05, 0.1) is 10.6 Å². The van der Waals surface area contributed by atoms with Crippen molar-refractivity contribution in [3.8, 4) is 0 Å². The van der Waals surface area contributed by atoms with Crippen molar-refractivity contribution >= 4 is 23.4 Å². The van der Waals surface area contributed by atoms with Crippen LogP contribution in [0.25, 0.3) is 0 Å². The summed E-state index contributed by atoms with van der Waals surface area (Å²) in [6.07, 6.45) is -1.57. The highest BCUT2D eigenvalue weighted by Gasteiger charge is 2.31. The van der Waals surface area contributed by atoms with Gasteiger partial charge in [-0.3, -0.25) is 0 Å². The predicted molar refractivity (Wildman–Crippen MR) is 72.8 cm³/mol. The number of nitrogens with zero attached hydrogens (tertiary/aromatic N) is 1. The number of alkyl halides is 3. The van der Waals surface area contributed by atoms with Gasteiger partial charge < -0.3 is 5.32 Å². The highest BCUT2D eigenvalue weighted by atomic mass is 35.5. The minimum atomic E-state index is -4.40. The Labute approximate surface area is 120 Å². The van der Waals surface area contributed by atoms with Crippen LogP contribution in [0.2, 0.25) is 5.02 Å². The zero-order valence-corrected chi connectivity index (χ0v) is 12.1. The third-order valence-corrected chi connectivity index (χ3v) is 3.79. The molecule has 0 radical (unpaired) electrons. The zero-order valence-electron chi connectivity index (χ0n) is 10.6. The topological polar surface area (TPSA) is 24.9 Å². The summed E-state index contributed by atoms with van der Waals surface area (Å²) in [5.74, 6) is 0.773. The number of aromatic nitrogens is 1. The summed E-state index contributed by atoms with van der Waals surface area (Å²) in [5, 5.41) is 3.76.